The van der Waals surface area contributed by atoms with Gasteiger partial charge in [-0.05, 0) is 45.7 Å². The number of carbonyl (C=O) groups is 1. The molecule has 2 aliphatic heterocycles. The lowest BCUT2D eigenvalue weighted by Crippen LogP contribution is -2.60. The SMILES string of the molecule is CC(C)(C)N1CC2CCC(C1)N2C(=O)c1ccccc1C#N. The summed E-state index contributed by atoms with van der Waals surface area (Å²) in [6.07, 6.45) is 2.13. The number of piperazine rings is 1. The minimum Gasteiger partial charge on any atom is -0.330 e. The van der Waals surface area contributed by atoms with Crippen molar-refractivity contribution in [3.05, 3.63) is 35.4 Å². The molecule has 0 aromatic heterocycles. The molecule has 116 valence electrons. The molecule has 0 N–H and O–H groups in total. The van der Waals surface area contributed by atoms with Gasteiger partial charge in [0.05, 0.1) is 17.2 Å². The van der Waals surface area contributed by atoms with Crippen LogP contribution in [0.4, 0.5) is 0 Å². The second-order valence-corrected chi connectivity index (χ2v) is 7.33. The van der Waals surface area contributed by atoms with Gasteiger partial charge in [0.15, 0.2) is 0 Å². The van der Waals surface area contributed by atoms with Crippen LogP contribution in [0.1, 0.15) is 49.5 Å². The second kappa shape index (κ2) is 5.40. The Morgan fingerprint density at radius 2 is 1.77 bits per heavy atom. The molecular weight excluding hydrogens is 274 g/mol. The van der Waals surface area contributed by atoms with Gasteiger partial charge in [-0.3, -0.25) is 9.69 Å². The van der Waals surface area contributed by atoms with E-state index in [0.29, 0.717) is 11.1 Å². The van der Waals surface area contributed by atoms with Crippen molar-refractivity contribution < 1.29 is 4.79 Å². The molecule has 0 aliphatic carbocycles. The first kappa shape index (κ1) is 15.1. The van der Waals surface area contributed by atoms with Gasteiger partial charge in [0.25, 0.3) is 5.91 Å². The quantitative estimate of drug-likeness (QED) is 0.800. The van der Waals surface area contributed by atoms with Gasteiger partial charge < -0.3 is 4.90 Å². The smallest absolute Gasteiger partial charge is 0.255 e. The predicted molar refractivity (Wildman–Crippen MR) is 85.5 cm³/mol. The summed E-state index contributed by atoms with van der Waals surface area (Å²) in [4.78, 5) is 17.5. The van der Waals surface area contributed by atoms with Gasteiger partial charge in [-0.15, -0.1) is 0 Å². The minimum absolute atomic E-state index is 0.0261. The number of nitriles is 1. The predicted octanol–water partition coefficient (Wildman–Crippen LogP) is 2.65. The van der Waals surface area contributed by atoms with Crippen molar-refractivity contribution in [1.29, 1.82) is 5.26 Å². The van der Waals surface area contributed by atoms with Crippen LogP contribution in [-0.2, 0) is 0 Å². The number of amides is 1. The Bertz CT molecular complexity index is 612. The van der Waals surface area contributed by atoms with Crippen molar-refractivity contribution in [1.82, 2.24) is 9.80 Å². The summed E-state index contributed by atoms with van der Waals surface area (Å²) >= 11 is 0. The molecule has 2 aliphatic rings. The topological polar surface area (TPSA) is 47.3 Å². The maximum atomic E-state index is 13.0. The fourth-order valence-electron chi connectivity index (χ4n) is 3.69. The van der Waals surface area contributed by atoms with Crippen LogP contribution >= 0.6 is 0 Å². The van der Waals surface area contributed by atoms with Crippen LogP contribution in [0.5, 0.6) is 0 Å². The van der Waals surface area contributed by atoms with E-state index in [-0.39, 0.29) is 23.5 Å². The van der Waals surface area contributed by atoms with Crippen molar-refractivity contribution in [2.75, 3.05) is 13.1 Å². The van der Waals surface area contributed by atoms with E-state index >= 15 is 0 Å². The summed E-state index contributed by atoms with van der Waals surface area (Å²) < 4.78 is 0. The zero-order chi connectivity index (χ0) is 15.9. The standard InChI is InChI=1S/C18H23N3O/c1-18(2,3)20-11-14-8-9-15(12-20)21(14)17(22)16-7-5-4-6-13(16)10-19/h4-7,14-15H,8-9,11-12H2,1-3H3. The highest BCUT2D eigenvalue weighted by atomic mass is 16.2. The Morgan fingerprint density at radius 1 is 1.18 bits per heavy atom. The molecule has 2 fully saturated rings. The minimum atomic E-state index is 0.0261. The van der Waals surface area contributed by atoms with Gasteiger partial charge in [-0.25, -0.2) is 0 Å². The average Bonchev–Trinajstić information content (AvgIpc) is 2.75. The monoisotopic (exact) mass is 297 g/mol. The van der Waals surface area contributed by atoms with Crippen molar-refractivity contribution in [2.24, 2.45) is 0 Å². The van der Waals surface area contributed by atoms with E-state index < -0.39 is 0 Å². The molecule has 2 bridgehead atoms. The summed E-state index contributed by atoms with van der Waals surface area (Å²) in [5.41, 5.74) is 1.16. The van der Waals surface area contributed by atoms with Crippen molar-refractivity contribution >= 4 is 5.91 Å². The normalized spacial score (nSPS) is 25.1. The fraction of sp³-hybridized carbons (Fsp3) is 0.556. The first-order valence-corrected chi connectivity index (χ1v) is 7.98. The molecule has 0 radical (unpaired) electrons. The van der Waals surface area contributed by atoms with Crippen molar-refractivity contribution in [3.8, 4) is 6.07 Å². The van der Waals surface area contributed by atoms with E-state index in [1.807, 2.05) is 17.0 Å². The molecule has 1 amide bonds. The lowest BCUT2D eigenvalue weighted by Gasteiger charge is -2.46. The number of benzene rings is 1. The summed E-state index contributed by atoms with van der Waals surface area (Å²) in [6, 6.07) is 9.83. The first-order valence-electron chi connectivity index (χ1n) is 7.98. The molecule has 2 unspecified atom stereocenters. The number of nitrogens with zero attached hydrogens (tertiary/aromatic N) is 3. The van der Waals surface area contributed by atoms with Crippen molar-refractivity contribution in [3.63, 3.8) is 0 Å². The molecule has 3 rings (SSSR count). The van der Waals surface area contributed by atoms with Crippen molar-refractivity contribution in [2.45, 2.75) is 51.2 Å². The first-order chi connectivity index (χ1) is 10.4. The zero-order valence-corrected chi connectivity index (χ0v) is 13.5. The number of fused-ring (bicyclic) bond motifs is 2. The molecule has 2 atom stereocenters. The Hall–Kier alpha value is -1.86. The van der Waals surface area contributed by atoms with Gasteiger partial charge >= 0.3 is 0 Å². The van der Waals surface area contributed by atoms with Crippen LogP contribution in [0.25, 0.3) is 0 Å². The van der Waals surface area contributed by atoms with Gasteiger partial charge in [0, 0.05) is 30.7 Å². The maximum Gasteiger partial charge on any atom is 0.255 e. The Morgan fingerprint density at radius 3 is 2.32 bits per heavy atom. The molecular formula is C18H23N3O. The molecule has 2 saturated heterocycles. The number of rotatable bonds is 1. The Balaban J connectivity index is 1.86. The van der Waals surface area contributed by atoms with E-state index in [1.165, 1.54) is 0 Å². The third-order valence-corrected chi connectivity index (χ3v) is 4.94. The number of hydrogen-bond acceptors (Lipinski definition) is 3. The van der Waals surface area contributed by atoms with Crippen LogP contribution in [0.2, 0.25) is 0 Å². The number of likely N-dealkylation sites (tertiary alicyclic amines) is 1. The second-order valence-electron chi connectivity index (χ2n) is 7.33. The molecule has 22 heavy (non-hydrogen) atoms. The Kier molecular flexibility index (Phi) is 3.70. The van der Waals surface area contributed by atoms with E-state index in [1.54, 1.807) is 12.1 Å². The van der Waals surface area contributed by atoms with Crippen LogP contribution in [0.3, 0.4) is 0 Å². The number of carbonyl (C=O) groups excluding carboxylic acids is 1. The van der Waals surface area contributed by atoms with Crippen LogP contribution in [0, 0.1) is 11.3 Å². The molecule has 1 aromatic rings. The summed E-state index contributed by atoms with van der Waals surface area (Å²) in [7, 11) is 0. The van der Waals surface area contributed by atoms with E-state index in [0.717, 1.165) is 25.9 Å². The summed E-state index contributed by atoms with van der Waals surface area (Å²) in [5, 5.41) is 9.23. The molecule has 0 spiro atoms. The van der Waals surface area contributed by atoms with E-state index in [4.69, 9.17) is 0 Å². The maximum absolute atomic E-state index is 13.0. The molecule has 4 nitrogen and oxygen atoms in total. The average molecular weight is 297 g/mol. The summed E-state index contributed by atoms with van der Waals surface area (Å²) in [6.45, 7) is 8.56. The highest BCUT2D eigenvalue weighted by Gasteiger charge is 2.45. The third kappa shape index (κ3) is 2.50. The number of hydrogen-bond donors (Lipinski definition) is 0. The van der Waals surface area contributed by atoms with E-state index in [2.05, 4.69) is 31.7 Å². The van der Waals surface area contributed by atoms with Gasteiger partial charge in [-0.2, -0.15) is 5.26 Å². The highest BCUT2D eigenvalue weighted by molar-refractivity contribution is 5.97. The molecule has 4 heteroatoms. The van der Waals surface area contributed by atoms with E-state index in [9.17, 15) is 10.1 Å². The fourth-order valence-corrected chi connectivity index (χ4v) is 3.69. The largest absolute Gasteiger partial charge is 0.330 e. The molecule has 2 heterocycles. The Labute approximate surface area is 132 Å². The molecule has 0 saturated carbocycles. The zero-order valence-electron chi connectivity index (χ0n) is 13.5. The van der Waals surface area contributed by atoms with Gasteiger partial charge in [0.1, 0.15) is 0 Å². The van der Waals surface area contributed by atoms with Crippen LogP contribution in [0.15, 0.2) is 24.3 Å². The van der Waals surface area contributed by atoms with Crippen LogP contribution in [-0.4, -0.2) is 46.4 Å². The highest BCUT2D eigenvalue weighted by Crippen LogP contribution is 2.34. The lowest BCUT2D eigenvalue weighted by atomic mass is 10.0. The van der Waals surface area contributed by atoms with Crippen LogP contribution < -0.4 is 0 Å². The molecule has 1 aromatic carbocycles. The van der Waals surface area contributed by atoms with Gasteiger partial charge in [0.2, 0.25) is 0 Å². The lowest BCUT2D eigenvalue weighted by molar-refractivity contribution is 0.0153. The van der Waals surface area contributed by atoms with Gasteiger partial charge in [-0.1, -0.05) is 12.1 Å². The third-order valence-electron chi connectivity index (χ3n) is 4.94. The summed E-state index contributed by atoms with van der Waals surface area (Å²) in [5.74, 6) is 0.0261.